The monoisotopic (exact) mass is 254 g/mol. The van der Waals surface area contributed by atoms with E-state index in [9.17, 15) is 9.59 Å². The highest BCUT2D eigenvalue weighted by molar-refractivity contribution is 6.09. The maximum Gasteiger partial charge on any atom is 0.420 e. The summed E-state index contributed by atoms with van der Waals surface area (Å²) in [7, 11) is 1.57. The summed E-state index contributed by atoms with van der Waals surface area (Å²) in [5.74, 6) is -0.645. The van der Waals surface area contributed by atoms with E-state index < -0.39 is 5.76 Å². The molecule has 5 nitrogen and oxygen atoms in total. The minimum absolute atomic E-state index is 0.151. The van der Waals surface area contributed by atoms with Crippen LogP contribution >= 0.6 is 0 Å². The zero-order chi connectivity index (χ0) is 13.4. The van der Waals surface area contributed by atoms with Crippen molar-refractivity contribution >= 4 is 17.0 Å². The SMILES string of the molecule is Cn1c(=O)oc2cc(C(=O)c3ccccc3)cnc21. The Morgan fingerprint density at radius 1 is 1.21 bits per heavy atom. The van der Waals surface area contributed by atoms with Gasteiger partial charge < -0.3 is 4.42 Å². The lowest BCUT2D eigenvalue weighted by molar-refractivity contribution is 0.103. The van der Waals surface area contributed by atoms with Crippen molar-refractivity contribution in [3.63, 3.8) is 0 Å². The van der Waals surface area contributed by atoms with Gasteiger partial charge in [-0.25, -0.2) is 9.78 Å². The number of hydrogen-bond acceptors (Lipinski definition) is 4. The lowest BCUT2D eigenvalue weighted by atomic mass is 10.1. The Bertz CT molecular complexity index is 816. The van der Waals surface area contributed by atoms with Crippen LogP contribution in [-0.4, -0.2) is 15.3 Å². The van der Waals surface area contributed by atoms with E-state index in [1.54, 1.807) is 37.4 Å². The number of benzene rings is 1. The van der Waals surface area contributed by atoms with Crippen molar-refractivity contribution in [2.45, 2.75) is 0 Å². The van der Waals surface area contributed by atoms with Crippen LogP contribution < -0.4 is 5.76 Å². The van der Waals surface area contributed by atoms with Gasteiger partial charge in [-0.3, -0.25) is 9.36 Å². The van der Waals surface area contributed by atoms with Gasteiger partial charge >= 0.3 is 5.76 Å². The molecule has 0 N–H and O–H groups in total. The fourth-order valence-corrected chi connectivity index (χ4v) is 1.89. The van der Waals surface area contributed by atoms with Gasteiger partial charge in [0.05, 0.1) is 0 Å². The third-order valence-electron chi connectivity index (χ3n) is 2.92. The first kappa shape index (κ1) is 11.4. The van der Waals surface area contributed by atoms with E-state index in [1.165, 1.54) is 10.8 Å². The van der Waals surface area contributed by atoms with Crippen LogP contribution in [0.4, 0.5) is 0 Å². The number of aromatic nitrogens is 2. The first-order chi connectivity index (χ1) is 9.16. The molecule has 0 unspecified atom stereocenters. The Morgan fingerprint density at radius 3 is 2.68 bits per heavy atom. The number of hydrogen-bond donors (Lipinski definition) is 0. The second-order valence-electron chi connectivity index (χ2n) is 4.17. The van der Waals surface area contributed by atoms with Crippen molar-refractivity contribution in [2.75, 3.05) is 0 Å². The summed E-state index contributed by atoms with van der Waals surface area (Å²) in [5.41, 5.74) is 1.71. The summed E-state index contributed by atoms with van der Waals surface area (Å²) in [6, 6.07) is 10.4. The fourth-order valence-electron chi connectivity index (χ4n) is 1.89. The van der Waals surface area contributed by atoms with Gasteiger partial charge in [0.25, 0.3) is 0 Å². The van der Waals surface area contributed by atoms with Crippen molar-refractivity contribution in [1.29, 1.82) is 0 Å². The molecule has 2 aromatic heterocycles. The molecule has 2 heterocycles. The Labute approximate surface area is 108 Å². The highest BCUT2D eigenvalue weighted by Gasteiger charge is 2.13. The zero-order valence-corrected chi connectivity index (χ0v) is 10.2. The van der Waals surface area contributed by atoms with Crippen LogP contribution in [0.25, 0.3) is 11.2 Å². The first-order valence-corrected chi connectivity index (χ1v) is 5.72. The molecule has 0 radical (unpaired) electrons. The van der Waals surface area contributed by atoms with Crippen molar-refractivity contribution in [3.05, 3.63) is 64.3 Å². The predicted molar refractivity (Wildman–Crippen MR) is 69.1 cm³/mol. The van der Waals surface area contributed by atoms with Crippen molar-refractivity contribution in [1.82, 2.24) is 9.55 Å². The second kappa shape index (κ2) is 4.20. The van der Waals surface area contributed by atoms with Crippen LogP contribution in [0.2, 0.25) is 0 Å². The van der Waals surface area contributed by atoms with Gasteiger partial charge in [-0.2, -0.15) is 0 Å². The average Bonchev–Trinajstić information content (AvgIpc) is 2.74. The molecule has 0 saturated carbocycles. The zero-order valence-electron chi connectivity index (χ0n) is 10.2. The first-order valence-electron chi connectivity index (χ1n) is 5.72. The summed E-state index contributed by atoms with van der Waals surface area (Å²) in [6.45, 7) is 0. The minimum Gasteiger partial charge on any atom is -0.406 e. The number of ketones is 1. The Kier molecular flexibility index (Phi) is 2.52. The molecule has 94 valence electrons. The number of carbonyl (C=O) groups excluding carboxylic acids is 1. The van der Waals surface area contributed by atoms with Gasteiger partial charge in [0.2, 0.25) is 0 Å². The topological polar surface area (TPSA) is 65.1 Å². The van der Waals surface area contributed by atoms with Gasteiger partial charge in [0.1, 0.15) is 0 Å². The third-order valence-corrected chi connectivity index (χ3v) is 2.92. The maximum absolute atomic E-state index is 12.2. The van der Waals surface area contributed by atoms with Gasteiger partial charge in [0, 0.05) is 24.4 Å². The van der Waals surface area contributed by atoms with E-state index in [0.29, 0.717) is 22.4 Å². The van der Waals surface area contributed by atoms with Gasteiger partial charge in [-0.05, 0) is 6.07 Å². The number of pyridine rings is 1. The van der Waals surface area contributed by atoms with Crippen molar-refractivity contribution in [3.8, 4) is 0 Å². The minimum atomic E-state index is -0.494. The van der Waals surface area contributed by atoms with E-state index in [2.05, 4.69) is 4.98 Å². The summed E-state index contributed by atoms with van der Waals surface area (Å²) in [4.78, 5) is 27.7. The highest BCUT2D eigenvalue weighted by Crippen LogP contribution is 2.14. The number of aryl methyl sites for hydroxylation is 1. The summed E-state index contributed by atoms with van der Waals surface area (Å²) < 4.78 is 6.32. The third kappa shape index (κ3) is 1.85. The molecule has 0 atom stereocenters. The van der Waals surface area contributed by atoms with Crippen LogP contribution in [0.1, 0.15) is 15.9 Å². The molecule has 0 amide bonds. The van der Waals surface area contributed by atoms with E-state index >= 15 is 0 Å². The number of carbonyl (C=O) groups is 1. The van der Waals surface area contributed by atoms with Crippen LogP contribution in [0, 0.1) is 0 Å². The normalized spacial score (nSPS) is 10.8. The molecule has 3 aromatic rings. The molecule has 0 saturated heterocycles. The van der Waals surface area contributed by atoms with Crippen LogP contribution in [-0.2, 0) is 7.05 Å². The molecule has 1 aromatic carbocycles. The standard InChI is InChI=1S/C14H10N2O3/c1-16-13-11(19-14(16)18)7-10(8-15-13)12(17)9-5-3-2-4-6-9/h2-8H,1H3. The smallest absolute Gasteiger partial charge is 0.406 e. The number of nitrogens with zero attached hydrogens (tertiary/aromatic N) is 2. The molecule has 3 rings (SSSR count). The molecule has 19 heavy (non-hydrogen) atoms. The Hall–Kier alpha value is -2.69. The van der Waals surface area contributed by atoms with E-state index in [-0.39, 0.29) is 5.78 Å². The molecule has 0 bridgehead atoms. The molecule has 5 heteroatoms. The Balaban J connectivity index is 2.12. The van der Waals surface area contributed by atoms with Crippen molar-refractivity contribution < 1.29 is 9.21 Å². The van der Waals surface area contributed by atoms with Gasteiger partial charge in [0.15, 0.2) is 17.0 Å². The number of fused-ring (bicyclic) bond motifs is 1. The lowest BCUT2D eigenvalue weighted by Gasteiger charge is -2.00. The molecule has 0 aliphatic carbocycles. The van der Waals surface area contributed by atoms with Gasteiger partial charge in [-0.1, -0.05) is 30.3 Å². The van der Waals surface area contributed by atoms with Crippen molar-refractivity contribution in [2.24, 2.45) is 7.05 Å². The molecule has 0 aliphatic heterocycles. The van der Waals surface area contributed by atoms with E-state index in [1.807, 2.05) is 6.07 Å². The van der Waals surface area contributed by atoms with Gasteiger partial charge in [-0.15, -0.1) is 0 Å². The van der Waals surface area contributed by atoms with Crippen LogP contribution in [0.3, 0.4) is 0 Å². The average molecular weight is 254 g/mol. The molecule has 0 fully saturated rings. The lowest BCUT2D eigenvalue weighted by Crippen LogP contribution is -2.09. The number of rotatable bonds is 2. The molecular weight excluding hydrogens is 244 g/mol. The second-order valence-corrected chi connectivity index (χ2v) is 4.17. The van der Waals surface area contributed by atoms with E-state index in [0.717, 1.165) is 0 Å². The van der Waals surface area contributed by atoms with Crippen LogP contribution in [0.5, 0.6) is 0 Å². The molecule has 0 spiro atoms. The predicted octanol–water partition coefficient (Wildman–Crippen LogP) is 1.76. The quantitative estimate of drug-likeness (QED) is 0.653. The summed E-state index contributed by atoms with van der Waals surface area (Å²) >= 11 is 0. The molecule has 0 aliphatic rings. The van der Waals surface area contributed by atoms with E-state index in [4.69, 9.17) is 4.42 Å². The van der Waals surface area contributed by atoms with Crippen LogP contribution in [0.15, 0.2) is 51.8 Å². The number of oxazole rings is 1. The Morgan fingerprint density at radius 2 is 1.95 bits per heavy atom. The fraction of sp³-hybridized carbons (Fsp3) is 0.0714. The largest absolute Gasteiger partial charge is 0.420 e. The molecular formula is C14H10N2O3. The summed E-state index contributed by atoms with van der Waals surface area (Å²) in [6.07, 6.45) is 1.45. The highest BCUT2D eigenvalue weighted by atomic mass is 16.4. The maximum atomic E-state index is 12.2. The summed E-state index contributed by atoms with van der Waals surface area (Å²) in [5, 5.41) is 0.